The molecule has 6 heteroatoms. The molecule has 0 saturated heterocycles. The van der Waals surface area contributed by atoms with Crippen molar-refractivity contribution < 1.29 is 14.7 Å². The van der Waals surface area contributed by atoms with Gasteiger partial charge < -0.3 is 10.4 Å². The van der Waals surface area contributed by atoms with Crippen LogP contribution in [-0.4, -0.2) is 26.8 Å². The highest BCUT2D eigenvalue weighted by atomic mass is 16.4. The van der Waals surface area contributed by atoms with Gasteiger partial charge in [-0.1, -0.05) is 6.07 Å². The molecule has 118 valence electrons. The fourth-order valence-corrected chi connectivity index (χ4v) is 3.10. The van der Waals surface area contributed by atoms with Gasteiger partial charge in [-0.2, -0.15) is 5.10 Å². The Morgan fingerprint density at radius 1 is 1.26 bits per heavy atom. The van der Waals surface area contributed by atoms with E-state index in [1.807, 2.05) is 18.2 Å². The van der Waals surface area contributed by atoms with Crippen LogP contribution in [0.3, 0.4) is 0 Å². The molecule has 2 aromatic rings. The van der Waals surface area contributed by atoms with Gasteiger partial charge in [-0.15, -0.1) is 0 Å². The molecule has 23 heavy (non-hydrogen) atoms. The molecule has 2 aliphatic rings. The lowest BCUT2D eigenvalue weighted by Gasteiger charge is -2.07. The zero-order valence-corrected chi connectivity index (χ0v) is 12.5. The maximum atomic E-state index is 12.2. The Kier molecular flexibility index (Phi) is 3.18. The second-order valence-corrected chi connectivity index (χ2v) is 6.33. The summed E-state index contributed by atoms with van der Waals surface area (Å²) >= 11 is 0. The SMILES string of the molecule is O=C(O)c1ccn(-c2cccc(NC(=O)C3CC3C3CC3)c2)n1. The van der Waals surface area contributed by atoms with E-state index in [2.05, 4.69) is 10.4 Å². The molecular weight excluding hydrogens is 294 g/mol. The van der Waals surface area contributed by atoms with Gasteiger partial charge in [-0.25, -0.2) is 9.48 Å². The summed E-state index contributed by atoms with van der Waals surface area (Å²) in [5.41, 5.74) is 1.41. The molecule has 2 atom stereocenters. The van der Waals surface area contributed by atoms with Crippen LogP contribution in [0.15, 0.2) is 36.5 Å². The number of aromatic nitrogens is 2. The van der Waals surface area contributed by atoms with Crippen molar-refractivity contribution in [3.63, 3.8) is 0 Å². The number of amides is 1. The standard InChI is InChI=1S/C17H17N3O3/c21-16(14-9-13(14)10-4-5-10)18-11-2-1-3-12(8-11)20-7-6-15(19-20)17(22)23/h1-3,6-8,10,13-14H,4-5,9H2,(H,18,21)(H,22,23). The Bertz CT molecular complexity index is 779. The predicted octanol–water partition coefficient (Wildman–Crippen LogP) is 2.56. The molecule has 1 aromatic carbocycles. The van der Waals surface area contributed by atoms with E-state index in [-0.39, 0.29) is 17.5 Å². The zero-order valence-electron chi connectivity index (χ0n) is 12.5. The highest BCUT2D eigenvalue weighted by Crippen LogP contribution is 2.54. The summed E-state index contributed by atoms with van der Waals surface area (Å²) in [5, 5.41) is 15.9. The summed E-state index contributed by atoms with van der Waals surface area (Å²) in [6.45, 7) is 0. The normalized spacial score (nSPS) is 22.6. The number of carbonyl (C=O) groups is 2. The van der Waals surface area contributed by atoms with E-state index in [1.54, 1.807) is 12.3 Å². The van der Waals surface area contributed by atoms with Crippen LogP contribution in [-0.2, 0) is 4.79 Å². The van der Waals surface area contributed by atoms with Crippen molar-refractivity contribution in [1.82, 2.24) is 9.78 Å². The van der Waals surface area contributed by atoms with E-state index in [1.165, 1.54) is 23.6 Å². The number of nitrogens with one attached hydrogen (secondary N) is 1. The van der Waals surface area contributed by atoms with Gasteiger partial charge in [-0.3, -0.25) is 4.79 Å². The van der Waals surface area contributed by atoms with Crippen molar-refractivity contribution >= 4 is 17.6 Å². The fraction of sp³-hybridized carbons (Fsp3) is 0.353. The first-order valence-electron chi connectivity index (χ1n) is 7.82. The van der Waals surface area contributed by atoms with E-state index in [4.69, 9.17) is 5.11 Å². The van der Waals surface area contributed by atoms with Gasteiger partial charge in [0.1, 0.15) is 0 Å². The summed E-state index contributed by atoms with van der Waals surface area (Å²) in [6.07, 6.45) is 5.15. The van der Waals surface area contributed by atoms with Crippen molar-refractivity contribution in [3.8, 4) is 5.69 Å². The molecule has 2 unspecified atom stereocenters. The van der Waals surface area contributed by atoms with Crippen LogP contribution < -0.4 is 5.32 Å². The minimum absolute atomic E-state index is 0.00954. The Labute approximate surface area is 133 Å². The Balaban J connectivity index is 1.47. The highest BCUT2D eigenvalue weighted by molar-refractivity contribution is 5.94. The molecule has 1 heterocycles. The third-order valence-corrected chi connectivity index (χ3v) is 4.59. The molecule has 0 spiro atoms. The van der Waals surface area contributed by atoms with Crippen LogP contribution in [0.1, 0.15) is 29.8 Å². The summed E-state index contributed by atoms with van der Waals surface area (Å²) in [6, 6.07) is 8.71. The Morgan fingerprint density at radius 2 is 2.09 bits per heavy atom. The Morgan fingerprint density at radius 3 is 2.78 bits per heavy atom. The topological polar surface area (TPSA) is 84.2 Å². The first-order valence-corrected chi connectivity index (χ1v) is 7.82. The Hall–Kier alpha value is -2.63. The summed E-state index contributed by atoms with van der Waals surface area (Å²) < 4.78 is 1.49. The first-order chi connectivity index (χ1) is 11.1. The number of carboxylic acids is 1. The summed E-state index contributed by atoms with van der Waals surface area (Å²) in [5.74, 6) is 0.547. The molecule has 4 rings (SSSR count). The van der Waals surface area contributed by atoms with E-state index in [9.17, 15) is 9.59 Å². The molecule has 0 bridgehead atoms. The van der Waals surface area contributed by atoms with E-state index < -0.39 is 5.97 Å². The first kappa shape index (κ1) is 14.0. The predicted molar refractivity (Wildman–Crippen MR) is 83.5 cm³/mol. The lowest BCUT2D eigenvalue weighted by molar-refractivity contribution is -0.117. The average Bonchev–Trinajstić information content (AvgIpc) is 3.43. The van der Waals surface area contributed by atoms with Crippen molar-refractivity contribution in [2.24, 2.45) is 17.8 Å². The van der Waals surface area contributed by atoms with Crippen molar-refractivity contribution in [1.29, 1.82) is 0 Å². The number of hydrogen-bond donors (Lipinski definition) is 2. The molecule has 1 aromatic heterocycles. The number of aromatic carboxylic acids is 1. The molecule has 1 amide bonds. The maximum Gasteiger partial charge on any atom is 0.356 e. The van der Waals surface area contributed by atoms with Crippen LogP contribution in [0, 0.1) is 17.8 Å². The minimum Gasteiger partial charge on any atom is -0.476 e. The zero-order chi connectivity index (χ0) is 16.0. The fourth-order valence-electron chi connectivity index (χ4n) is 3.10. The summed E-state index contributed by atoms with van der Waals surface area (Å²) in [7, 11) is 0. The van der Waals surface area contributed by atoms with E-state index >= 15 is 0 Å². The monoisotopic (exact) mass is 311 g/mol. The number of benzene rings is 1. The van der Waals surface area contributed by atoms with Crippen LogP contribution >= 0.6 is 0 Å². The molecule has 0 aliphatic heterocycles. The lowest BCUT2D eigenvalue weighted by Crippen LogP contribution is -2.15. The number of rotatable bonds is 5. The molecule has 2 saturated carbocycles. The molecule has 6 nitrogen and oxygen atoms in total. The molecule has 2 N–H and O–H groups in total. The molecule has 2 aliphatic carbocycles. The number of anilines is 1. The quantitative estimate of drug-likeness (QED) is 0.889. The van der Waals surface area contributed by atoms with Gasteiger partial charge in [0, 0.05) is 17.8 Å². The van der Waals surface area contributed by atoms with Gasteiger partial charge in [-0.05, 0) is 55.4 Å². The van der Waals surface area contributed by atoms with Gasteiger partial charge in [0.05, 0.1) is 5.69 Å². The number of carbonyl (C=O) groups excluding carboxylic acids is 1. The van der Waals surface area contributed by atoms with E-state index in [0.717, 1.165) is 12.3 Å². The summed E-state index contributed by atoms with van der Waals surface area (Å²) in [4.78, 5) is 23.1. The number of nitrogens with zero attached hydrogens (tertiary/aromatic N) is 2. The maximum absolute atomic E-state index is 12.2. The number of hydrogen-bond acceptors (Lipinski definition) is 3. The van der Waals surface area contributed by atoms with E-state index in [0.29, 0.717) is 17.3 Å². The van der Waals surface area contributed by atoms with Gasteiger partial charge in [0.25, 0.3) is 0 Å². The number of carboxylic acid groups (broad SMARTS) is 1. The largest absolute Gasteiger partial charge is 0.476 e. The second kappa shape index (κ2) is 5.22. The van der Waals surface area contributed by atoms with Crippen LogP contribution in [0.4, 0.5) is 5.69 Å². The van der Waals surface area contributed by atoms with Crippen LogP contribution in [0.5, 0.6) is 0 Å². The molecular formula is C17H17N3O3. The average molecular weight is 311 g/mol. The third kappa shape index (κ3) is 2.84. The third-order valence-electron chi connectivity index (χ3n) is 4.59. The minimum atomic E-state index is -1.06. The van der Waals surface area contributed by atoms with Crippen LogP contribution in [0.2, 0.25) is 0 Å². The van der Waals surface area contributed by atoms with Gasteiger partial charge >= 0.3 is 5.97 Å². The van der Waals surface area contributed by atoms with Gasteiger partial charge in [0.15, 0.2) is 5.69 Å². The van der Waals surface area contributed by atoms with Crippen molar-refractivity contribution in [2.75, 3.05) is 5.32 Å². The smallest absolute Gasteiger partial charge is 0.356 e. The van der Waals surface area contributed by atoms with Crippen LogP contribution in [0.25, 0.3) is 5.69 Å². The lowest BCUT2D eigenvalue weighted by atomic mass is 10.2. The molecule has 0 radical (unpaired) electrons. The highest BCUT2D eigenvalue weighted by Gasteiger charge is 2.51. The van der Waals surface area contributed by atoms with Gasteiger partial charge in [0.2, 0.25) is 5.91 Å². The van der Waals surface area contributed by atoms with Crippen molar-refractivity contribution in [3.05, 3.63) is 42.2 Å². The van der Waals surface area contributed by atoms with Crippen molar-refractivity contribution in [2.45, 2.75) is 19.3 Å². The molecule has 2 fully saturated rings. The second-order valence-electron chi connectivity index (χ2n) is 6.33.